The van der Waals surface area contributed by atoms with Gasteiger partial charge in [-0.1, -0.05) is 26.2 Å². The summed E-state index contributed by atoms with van der Waals surface area (Å²) in [6.45, 7) is 3.51. The van der Waals surface area contributed by atoms with Crippen LogP contribution in [0.25, 0.3) is 0 Å². The lowest BCUT2D eigenvalue weighted by molar-refractivity contribution is -0.120. The predicted octanol–water partition coefficient (Wildman–Crippen LogP) is 4.40. The Bertz CT molecular complexity index is 1370. The van der Waals surface area contributed by atoms with Gasteiger partial charge in [0, 0.05) is 6.92 Å². The molecule has 1 amide bonds. The van der Waals surface area contributed by atoms with Gasteiger partial charge in [-0.2, -0.15) is 32.3 Å². The molecular formula is C25H38Cl2N6O7S2. The standard InChI is InChI=1S/C25H38Cl2N6O7S2/c1-3-16(6-4-5-9-41(35,36)37)17-7-8-22(23(10-17)30-15(2)34)31-32-25-18(13-28)14-29-33(25)24-20(26)11-19(12-21(24)27)42(38,39)40/h14,16-17,19-24H,3-12H2,1-2H3,(H,30,34)(H,35,36,37)(H,38,39,40). The van der Waals surface area contributed by atoms with E-state index in [0.717, 1.165) is 19.3 Å². The first-order chi connectivity index (χ1) is 19.6. The Morgan fingerprint density at radius 3 is 2.40 bits per heavy atom. The van der Waals surface area contributed by atoms with Crippen molar-refractivity contribution in [2.45, 2.75) is 106 Å². The first-order valence-electron chi connectivity index (χ1n) is 14.0. The highest BCUT2D eigenvalue weighted by Gasteiger charge is 2.43. The Balaban J connectivity index is 1.77. The molecule has 3 rings (SSSR count). The maximum Gasteiger partial charge on any atom is 0.267 e. The molecule has 6 unspecified atom stereocenters. The molecule has 2 saturated carbocycles. The highest BCUT2D eigenvalue weighted by Crippen LogP contribution is 2.41. The molecule has 6 atom stereocenters. The number of azo groups is 1. The van der Waals surface area contributed by atoms with Crippen LogP contribution in [0.4, 0.5) is 5.82 Å². The van der Waals surface area contributed by atoms with Crippen LogP contribution in [0.2, 0.25) is 0 Å². The van der Waals surface area contributed by atoms with Crippen molar-refractivity contribution in [3.63, 3.8) is 0 Å². The Morgan fingerprint density at radius 1 is 1.19 bits per heavy atom. The zero-order valence-electron chi connectivity index (χ0n) is 23.5. The number of unbranched alkanes of at least 4 members (excludes halogenated alkanes) is 1. The lowest BCUT2D eigenvalue weighted by Gasteiger charge is -2.37. The molecule has 0 aliphatic heterocycles. The second kappa shape index (κ2) is 14.8. The van der Waals surface area contributed by atoms with E-state index in [2.05, 4.69) is 27.6 Å². The Morgan fingerprint density at radius 2 is 1.86 bits per heavy atom. The summed E-state index contributed by atoms with van der Waals surface area (Å²) in [4.78, 5) is 12.1. The molecule has 0 bridgehead atoms. The molecule has 0 aromatic carbocycles. The van der Waals surface area contributed by atoms with Crippen molar-refractivity contribution in [3.8, 4) is 6.07 Å². The van der Waals surface area contributed by atoms with Crippen molar-refractivity contribution in [3.05, 3.63) is 11.8 Å². The van der Waals surface area contributed by atoms with Gasteiger partial charge in [0.2, 0.25) is 5.91 Å². The fourth-order valence-electron chi connectivity index (χ4n) is 6.17. The average molecular weight is 670 g/mol. The van der Waals surface area contributed by atoms with Crippen LogP contribution < -0.4 is 5.32 Å². The minimum Gasteiger partial charge on any atom is -0.351 e. The topological polar surface area (TPSA) is 204 Å². The fourth-order valence-corrected chi connectivity index (χ4v) is 8.92. The smallest absolute Gasteiger partial charge is 0.267 e. The lowest BCUT2D eigenvalue weighted by atomic mass is 9.73. The molecule has 2 aliphatic carbocycles. The van der Waals surface area contributed by atoms with Crippen LogP contribution in [0, 0.1) is 23.2 Å². The number of rotatable bonds is 12. The summed E-state index contributed by atoms with van der Waals surface area (Å²) in [5, 5.41) is 23.1. The number of alkyl halides is 2. The molecule has 1 aromatic heterocycles. The summed E-state index contributed by atoms with van der Waals surface area (Å²) in [5.41, 5.74) is 0.129. The summed E-state index contributed by atoms with van der Waals surface area (Å²) in [6.07, 6.45) is 6.01. The molecule has 13 nitrogen and oxygen atoms in total. The van der Waals surface area contributed by atoms with Crippen LogP contribution in [-0.4, -0.2) is 75.5 Å². The van der Waals surface area contributed by atoms with Crippen molar-refractivity contribution < 1.29 is 30.7 Å². The third-order valence-corrected chi connectivity index (χ3v) is 11.2. The number of carbonyl (C=O) groups is 1. The van der Waals surface area contributed by atoms with Gasteiger partial charge >= 0.3 is 0 Å². The number of hydrogen-bond acceptors (Lipinski definition) is 9. The summed E-state index contributed by atoms with van der Waals surface area (Å²) in [7, 11) is -8.32. The fraction of sp³-hybridized carbons (Fsp3) is 0.800. The van der Waals surface area contributed by atoms with Crippen LogP contribution in [0.1, 0.15) is 83.2 Å². The highest BCUT2D eigenvalue weighted by atomic mass is 35.5. The molecule has 2 aliphatic rings. The van der Waals surface area contributed by atoms with E-state index in [0.29, 0.717) is 31.6 Å². The molecule has 3 N–H and O–H groups in total. The highest BCUT2D eigenvalue weighted by molar-refractivity contribution is 7.86. The van der Waals surface area contributed by atoms with E-state index in [-0.39, 0.29) is 53.9 Å². The number of nitriles is 1. The number of carbonyl (C=O) groups excluding carboxylic acids is 1. The van der Waals surface area contributed by atoms with Gasteiger partial charge in [-0.25, -0.2) is 4.68 Å². The van der Waals surface area contributed by atoms with Gasteiger partial charge < -0.3 is 5.32 Å². The van der Waals surface area contributed by atoms with E-state index in [4.69, 9.17) is 27.8 Å². The van der Waals surface area contributed by atoms with Crippen LogP contribution in [0.3, 0.4) is 0 Å². The lowest BCUT2D eigenvalue weighted by Crippen LogP contribution is -2.46. The Labute approximate surface area is 256 Å². The number of nitrogens with zero attached hydrogens (tertiary/aromatic N) is 5. The molecule has 0 saturated heterocycles. The van der Waals surface area contributed by atoms with Gasteiger partial charge in [0.1, 0.15) is 11.6 Å². The monoisotopic (exact) mass is 668 g/mol. The van der Waals surface area contributed by atoms with E-state index >= 15 is 0 Å². The first kappa shape index (κ1) is 34.7. The Hall–Kier alpha value is -1.83. The van der Waals surface area contributed by atoms with Crippen LogP contribution >= 0.6 is 23.2 Å². The van der Waals surface area contributed by atoms with Gasteiger partial charge in [-0.3, -0.25) is 13.9 Å². The molecule has 0 spiro atoms. The second-order valence-electron chi connectivity index (χ2n) is 11.2. The van der Waals surface area contributed by atoms with Crippen LogP contribution in [0.15, 0.2) is 16.4 Å². The maximum atomic E-state index is 12.1. The summed E-state index contributed by atoms with van der Waals surface area (Å²) in [6, 6.07) is 0.620. The van der Waals surface area contributed by atoms with E-state index in [9.17, 15) is 31.4 Å². The predicted molar refractivity (Wildman–Crippen MR) is 157 cm³/mol. The van der Waals surface area contributed by atoms with Crippen molar-refractivity contribution in [2.24, 2.45) is 22.1 Å². The molecule has 236 valence electrons. The number of nitrogens with one attached hydrogen (secondary N) is 1. The van der Waals surface area contributed by atoms with E-state index in [1.54, 1.807) is 0 Å². The summed E-state index contributed by atoms with van der Waals surface area (Å²) < 4.78 is 65.3. The minimum atomic E-state index is -4.33. The summed E-state index contributed by atoms with van der Waals surface area (Å²) >= 11 is 13.1. The summed E-state index contributed by atoms with van der Waals surface area (Å²) in [5.74, 6) is 0.236. The first-order valence-corrected chi connectivity index (χ1v) is 18.0. The molecule has 1 aromatic rings. The second-order valence-corrected chi connectivity index (χ2v) is 15.6. The molecule has 0 radical (unpaired) electrons. The third kappa shape index (κ3) is 9.33. The minimum absolute atomic E-state index is 0.0599. The molecular weight excluding hydrogens is 631 g/mol. The van der Waals surface area contributed by atoms with Gasteiger partial charge in [-0.05, 0) is 50.4 Å². The largest absolute Gasteiger partial charge is 0.351 e. The van der Waals surface area contributed by atoms with Crippen molar-refractivity contribution in [2.75, 3.05) is 5.75 Å². The third-order valence-electron chi connectivity index (χ3n) is 8.27. The molecule has 42 heavy (non-hydrogen) atoms. The average Bonchev–Trinajstić information content (AvgIpc) is 3.28. The normalized spacial score (nSPS) is 29.7. The molecule has 2 fully saturated rings. The van der Waals surface area contributed by atoms with Gasteiger partial charge in [0.25, 0.3) is 20.2 Å². The van der Waals surface area contributed by atoms with E-state index in [1.165, 1.54) is 17.8 Å². The van der Waals surface area contributed by atoms with Crippen molar-refractivity contribution >= 4 is 55.2 Å². The maximum absolute atomic E-state index is 12.1. The SMILES string of the molecule is CCC(CCCCS(=O)(=O)O)C1CCC(N=Nc2c(C#N)cnn2C2C(Cl)CC(S(=O)(=O)O)CC2Cl)C(NC(C)=O)C1. The van der Waals surface area contributed by atoms with Crippen molar-refractivity contribution in [1.82, 2.24) is 15.1 Å². The van der Waals surface area contributed by atoms with Crippen molar-refractivity contribution in [1.29, 1.82) is 5.26 Å². The van der Waals surface area contributed by atoms with Gasteiger partial charge in [-0.15, -0.1) is 28.3 Å². The van der Waals surface area contributed by atoms with Gasteiger partial charge in [0.05, 0.1) is 46.1 Å². The number of hydrogen-bond donors (Lipinski definition) is 3. The number of aromatic nitrogens is 2. The van der Waals surface area contributed by atoms with Crippen LogP contribution in [-0.2, 0) is 25.0 Å². The Kier molecular flexibility index (Phi) is 12.2. The zero-order valence-corrected chi connectivity index (χ0v) is 26.7. The van der Waals surface area contributed by atoms with Gasteiger partial charge in [0.15, 0.2) is 5.82 Å². The zero-order chi connectivity index (χ0) is 31.2. The number of halogens is 2. The number of amides is 1. The molecule has 1 heterocycles. The molecule has 17 heteroatoms. The van der Waals surface area contributed by atoms with Crippen LogP contribution in [0.5, 0.6) is 0 Å². The van der Waals surface area contributed by atoms with E-state index in [1.807, 2.05) is 6.07 Å². The van der Waals surface area contributed by atoms with E-state index < -0.39 is 42.3 Å². The quantitative estimate of drug-likeness (QED) is 0.125.